The van der Waals surface area contributed by atoms with E-state index in [0.717, 1.165) is 29.7 Å². The van der Waals surface area contributed by atoms with Gasteiger partial charge in [0.05, 0.1) is 17.5 Å². The summed E-state index contributed by atoms with van der Waals surface area (Å²) in [5, 5.41) is 6.14. The highest BCUT2D eigenvalue weighted by molar-refractivity contribution is 7.80. The van der Waals surface area contributed by atoms with E-state index in [1.165, 1.54) is 19.2 Å². The van der Waals surface area contributed by atoms with Gasteiger partial charge in [-0.25, -0.2) is 4.98 Å². The number of hydrogen-bond acceptors (Lipinski definition) is 13. The summed E-state index contributed by atoms with van der Waals surface area (Å²) in [5.41, 5.74) is 11.4. The molecule has 2 aromatic rings. The average Bonchev–Trinajstić information content (AvgIpc) is 3.64. The zero-order valence-corrected chi connectivity index (χ0v) is 27.4. The van der Waals surface area contributed by atoms with Crippen molar-refractivity contribution < 1.29 is 41.2 Å². The largest absolute Gasteiger partial charge is 0.490 e. The van der Waals surface area contributed by atoms with E-state index in [2.05, 4.69) is 19.4 Å². The fourth-order valence-electron chi connectivity index (χ4n) is 5.25. The summed E-state index contributed by atoms with van der Waals surface area (Å²) in [7, 11) is -1.43. The molecule has 2 heterocycles. The number of anilines is 1. The minimum atomic E-state index is -4.93. The van der Waals surface area contributed by atoms with Crippen LogP contribution in [0.15, 0.2) is 39.8 Å². The number of nitrogens with two attached hydrogens (primary N) is 2. The molecule has 1 aliphatic heterocycles. The third-order valence-electron chi connectivity index (χ3n) is 7.73. The third-order valence-corrected chi connectivity index (χ3v) is 8.74. The Hall–Kier alpha value is -4.13. The lowest BCUT2D eigenvalue weighted by atomic mass is 9.74. The minimum Gasteiger partial charge on any atom is -0.490 e. The summed E-state index contributed by atoms with van der Waals surface area (Å²) in [4.78, 5) is 53.6. The number of carbonyl (C=O) groups is 3. The number of Topliss-reactive ketones (excluding diaryl/α,β-unsaturated/α-hetero) is 1. The number of thiazole rings is 1. The summed E-state index contributed by atoms with van der Waals surface area (Å²) in [6, 6.07) is 7.01. The standard InChI is InChI=1S/C28H37N7O9S2/c1-28(2)20(26(38)35(28)44-46(39,40)41)14-22(36)23(21-15-45-27(30)32-21)33-43-12-11-42-19-9-6-16(7-10-19)24(29)31-18-8-5-17(13-18)25(37)34(3)4/h6-7,9-10,15,17-18,20H,5,8,11-14H2,1-4H3,(H2,29,31)(H2,30,32)(H,39,40,41)/b33-23-. The molecule has 3 unspecified atom stereocenters. The van der Waals surface area contributed by atoms with Crippen molar-refractivity contribution in [2.24, 2.45) is 27.7 Å². The number of oxime groups is 1. The second kappa shape index (κ2) is 14.1. The van der Waals surface area contributed by atoms with Crippen molar-refractivity contribution in [3.8, 4) is 5.75 Å². The van der Waals surface area contributed by atoms with Gasteiger partial charge in [0.2, 0.25) is 5.91 Å². The smallest absolute Gasteiger partial charge is 0.418 e. The van der Waals surface area contributed by atoms with E-state index in [4.69, 9.17) is 25.6 Å². The van der Waals surface area contributed by atoms with Gasteiger partial charge in [0, 0.05) is 37.4 Å². The monoisotopic (exact) mass is 679 g/mol. The number of hydrogen-bond donors (Lipinski definition) is 3. The van der Waals surface area contributed by atoms with Gasteiger partial charge in [0.25, 0.3) is 5.91 Å². The number of amidine groups is 1. The Balaban J connectivity index is 1.30. The molecule has 3 atom stereocenters. The maximum Gasteiger partial charge on any atom is 0.418 e. The van der Waals surface area contributed by atoms with Crippen LogP contribution in [-0.4, -0.2) is 96.0 Å². The van der Waals surface area contributed by atoms with Crippen molar-refractivity contribution in [3.05, 3.63) is 40.9 Å². The SMILES string of the molecule is CN(C)C(=O)C1CCC(N=C(N)c2ccc(OCCO/N=C(\C(=O)CC3C(=O)N(OS(=O)(=O)O)C3(C)C)c3csc(N)n3)cc2)C1. The summed E-state index contributed by atoms with van der Waals surface area (Å²) < 4.78 is 41.1. The maximum atomic E-state index is 13.2. The molecule has 1 saturated carbocycles. The lowest BCUT2D eigenvalue weighted by Gasteiger charge is -2.50. The Bertz CT molecular complexity index is 1620. The molecule has 46 heavy (non-hydrogen) atoms. The van der Waals surface area contributed by atoms with E-state index in [1.807, 2.05) is 0 Å². The van der Waals surface area contributed by atoms with Crippen LogP contribution in [0.5, 0.6) is 5.75 Å². The molecule has 1 saturated heterocycles. The van der Waals surface area contributed by atoms with E-state index in [0.29, 0.717) is 23.1 Å². The Morgan fingerprint density at radius 2 is 1.89 bits per heavy atom. The van der Waals surface area contributed by atoms with Crippen LogP contribution in [0.4, 0.5) is 5.13 Å². The zero-order valence-electron chi connectivity index (χ0n) is 25.8. The number of benzene rings is 1. The number of β-lactam (4-membered cyclic amide) rings is 1. The molecule has 4 rings (SSSR count). The molecule has 0 spiro atoms. The lowest BCUT2D eigenvalue weighted by Crippen LogP contribution is -2.68. The molecule has 1 aromatic heterocycles. The number of ketones is 1. The summed E-state index contributed by atoms with van der Waals surface area (Å²) in [6.45, 7) is 3.00. The van der Waals surface area contributed by atoms with E-state index >= 15 is 0 Å². The van der Waals surface area contributed by atoms with Gasteiger partial charge >= 0.3 is 10.4 Å². The predicted octanol–water partition coefficient (Wildman–Crippen LogP) is 1.42. The molecule has 0 radical (unpaired) electrons. The summed E-state index contributed by atoms with van der Waals surface area (Å²) in [5.74, 6) is -1.36. The predicted molar refractivity (Wildman–Crippen MR) is 168 cm³/mol. The molecule has 2 aliphatic rings. The molecule has 250 valence electrons. The average molecular weight is 680 g/mol. The molecule has 0 bridgehead atoms. The van der Waals surface area contributed by atoms with E-state index in [9.17, 15) is 22.8 Å². The molecule has 2 fully saturated rings. The first kappa shape index (κ1) is 34.7. The first-order valence-corrected chi connectivity index (χ1v) is 16.5. The van der Waals surface area contributed by atoms with Gasteiger partial charge in [0.1, 0.15) is 23.9 Å². The molecular weight excluding hydrogens is 642 g/mol. The van der Waals surface area contributed by atoms with Crippen LogP contribution in [0.2, 0.25) is 0 Å². The van der Waals surface area contributed by atoms with E-state index in [-0.39, 0.29) is 54.0 Å². The normalized spacial score (nSPS) is 21.5. The van der Waals surface area contributed by atoms with Crippen LogP contribution in [0.3, 0.4) is 0 Å². The number of aromatic nitrogens is 1. The highest BCUT2D eigenvalue weighted by Crippen LogP contribution is 2.40. The Kier molecular flexibility index (Phi) is 10.7. The second-order valence-electron chi connectivity index (χ2n) is 11.6. The van der Waals surface area contributed by atoms with Gasteiger partial charge in [-0.05, 0) is 57.4 Å². The molecule has 5 N–H and O–H groups in total. The van der Waals surface area contributed by atoms with Crippen LogP contribution in [-0.2, 0) is 33.9 Å². The highest BCUT2D eigenvalue weighted by atomic mass is 32.3. The summed E-state index contributed by atoms with van der Waals surface area (Å²) in [6.07, 6.45) is 1.91. The van der Waals surface area contributed by atoms with Crippen LogP contribution in [0.25, 0.3) is 0 Å². The van der Waals surface area contributed by atoms with Crippen molar-refractivity contribution in [1.82, 2.24) is 14.9 Å². The van der Waals surface area contributed by atoms with Crippen LogP contribution in [0.1, 0.15) is 50.8 Å². The van der Waals surface area contributed by atoms with Gasteiger partial charge < -0.3 is 25.9 Å². The van der Waals surface area contributed by atoms with Gasteiger partial charge in [0.15, 0.2) is 23.2 Å². The Morgan fingerprint density at radius 3 is 2.48 bits per heavy atom. The summed E-state index contributed by atoms with van der Waals surface area (Å²) >= 11 is 1.08. The number of amides is 2. The van der Waals surface area contributed by atoms with Crippen molar-refractivity contribution in [3.63, 3.8) is 0 Å². The minimum absolute atomic E-state index is 0.00508. The van der Waals surface area contributed by atoms with Crippen molar-refractivity contribution >= 4 is 56.0 Å². The van der Waals surface area contributed by atoms with Crippen LogP contribution < -0.4 is 16.2 Å². The van der Waals surface area contributed by atoms with Crippen molar-refractivity contribution in [2.45, 2.75) is 51.1 Å². The third kappa shape index (κ3) is 8.36. The molecule has 1 aromatic carbocycles. The molecule has 1 aliphatic carbocycles. The zero-order chi connectivity index (χ0) is 33.8. The number of nitrogens with zero attached hydrogens (tertiary/aromatic N) is 5. The molecule has 2 amide bonds. The lowest BCUT2D eigenvalue weighted by molar-refractivity contribution is -0.228. The van der Waals surface area contributed by atoms with Gasteiger partial charge in [-0.1, -0.05) is 5.16 Å². The second-order valence-corrected chi connectivity index (χ2v) is 13.5. The fourth-order valence-corrected chi connectivity index (χ4v) is 6.25. The quantitative estimate of drug-likeness (QED) is 0.0643. The number of aliphatic imine (C=N–C) groups is 1. The van der Waals surface area contributed by atoms with Crippen LogP contribution >= 0.6 is 11.3 Å². The highest BCUT2D eigenvalue weighted by Gasteiger charge is 2.57. The molecule has 18 heteroatoms. The maximum absolute atomic E-state index is 13.2. The fraction of sp³-hybridized carbons (Fsp3) is 0.500. The number of hydroxylamine groups is 2. The number of nitrogen functional groups attached to an aromatic ring is 1. The van der Waals surface area contributed by atoms with Gasteiger partial charge in [-0.3, -0.25) is 23.9 Å². The number of ether oxygens (including phenoxy) is 1. The molecular formula is C28H37N7O9S2. The van der Waals surface area contributed by atoms with Crippen molar-refractivity contribution in [1.29, 1.82) is 0 Å². The van der Waals surface area contributed by atoms with E-state index in [1.54, 1.807) is 43.3 Å². The topological polar surface area (TPSA) is 229 Å². The van der Waals surface area contributed by atoms with Crippen LogP contribution in [0, 0.1) is 11.8 Å². The Labute approximate surface area is 270 Å². The number of carbonyl (C=O) groups excluding carboxylic acids is 3. The molecule has 16 nitrogen and oxygen atoms in total. The van der Waals surface area contributed by atoms with Crippen molar-refractivity contribution in [2.75, 3.05) is 33.0 Å². The number of rotatable bonds is 14. The first-order chi connectivity index (χ1) is 21.6. The first-order valence-electron chi connectivity index (χ1n) is 14.3. The van der Waals surface area contributed by atoms with Gasteiger partial charge in [-0.15, -0.1) is 15.6 Å². The van der Waals surface area contributed by atoms with Gasteiger partial charge in [-0.2, -0.15) is 13.5 Å². The van der Waals surface area contributed by atoms with E-state index < -0.39 is 33.5 Å². The Morgan fingerprint density at radius 1 is 1.20 bits per heavy atom.